The van der Waals surface area contributed by atoms with Crippen molar-refractivity contribution in [1.82, 2.24) is 5.32 Å². The molecule has 1 amide bonds. The molecule has 0 aliphatic carbocycles. The van der Waals surface area contributed by atoms with Gasteiger partial charge < -0.3 is 10.1 Å². The summed E-state index contributed by atoms with van der Waals surface area (Å²) in [5.41, 5.74) is 3.48. The molecule has 2 aromatic carbocycles. The van der Waals surface area contributed by atoms with E-state index < -0.39 is 6.10 Å². The Morgan fingerprint density at radius 2 is 1.79 bits per heavy atom. The maximum atomic E-state index is 12.5. The highest BCUT2D eigenvalue weighted by molar-refractivity contribution is 5.81. The highest BCUT2D eigenvalue weighted by Gasteiger charge is 2.20. The maximum Gasteiger partial charge on any atom is 0.261 e. The number of hydrogen-bond acceptors (Lipinski definition) is 2. The Bertz CT molecular complexity index is 667. The molecular weight excluding hydrogens is 298 g/mol. The highest BCUT2D eigenvalue weighted by atomic mass is 16.5. The molecule has 0 spiro atoms. The molecule has 2 aromatic rings. The van der Waals surface area contributed by atoms with Gasteiger partial charge in [0.25, 0.3) is 5.91 Å². The first-order chi connectivity index (χ1) is 11.5. The lowest BCUT2D eigenvalue weighted by Gasteiger charge is -2.20. The molecule has 0 aromatic heterocycles. The fourth-order valence-corrected chi connectivity index (χ4v) is 2.59. The first kappa shape index (κ1) is 18.1. The second-order valence-electron chi connectivity index (χ2n) is 6.27. The van der Waals surface area contributed by atoms with Crippen LogP contribution in [0, 0.1) is 13.8 Å². The standard InChI is InChI=1S/C21H27NO2/c1-5-19(24-20-13-9-10-15(2)17(20)4)21(23)22-14-16(3)18-11-7-6-8-12-18/h6-13,16,19H,5,14H2,1-4H3,(H,22,23)/t16-,19-/m0/s1. The third-order valence-corrected chi connectivity index (χ3v) is 4.44. The quantitative estimate of drug-likeness (QED) is 0.820. The largest absolute Gasteiger partial charge is 0.480 e. The van der Waals surface area contributed by atoms with Crippen LogP contribution in [0.2, 0.25) is 0 Å². The monoisotopic (exact) mass is 325 g/mol. The van der Waals surface area contributed by atoms with E-state index in [1.54, 1.807) is 0 Å². The molecule has 0 bridgehead atoms. The van der Waals surface area contributed by atoms with Gasteiger partial charge in [0.05, 0.1) is 0 Å². The van der Waals surface area contributed by atoms with Crippen molar-refractivity contribution in [2.75, 3.05) is 6.54 Å². The summed E-state index contributed by atoms with van der Waals surface area (Å²) in [7, 11) is 0. The zero-order valence-electron chi connectivity index (χ0n) is 15.0. The fourth-order valence-electron chi connectivity index (χ4n) is 2.59. The smallest absolute Gasteiger partial charge is 0.261 e. The molecule has 1 N–H and O–H groups in total. The summed E-state index contributed by atoms with van der Waals surface area (Å²) in [6.45, 7) is 8.76. The molecule has 0 saturated heterocycles. The number of nitrogens with one attached hydrogen (secondary N) is 1. The number of carbonyl (C=O) groups is 1. The van der Waals surface area contributed by atoms with Gasteiger partial charge in [-0.3, -0.25) is 4.79 Å². The molecule has 0 unspecified atom stereocenters. The molecule has 2 atom stereocenters. The van der Waals surface area contributed by atoms with E-state index in [0.29, 0.717) is 13.0 Å². The van der Waals surface area contributed by atoms with Crippen LogP contribution in [0.4, 0.5) is 0 Å². The zero-order chi connectivity index (χ0) is 17.5. The van der Waals surface area contributed by atoms with Crippen molar-refractivity contribution < 1.29 is 9.53 Å². The number of hydrogen-bond donors (Lipinski definition) is 1. The Labute approximate surface area is 145 Å². The number of ether oxygens (including phenoxy) is 1. The summed E-state index contributed by atoms with van der Waals surface area (Å²) in [5, 5.41) is 3.02. The van der Waals surface area contributed by atoms with Gasteiger partial charge in [0.1, 0.15) is 5.75 Å². The number of benzene rings is 2. The molecular formula is C21H27NO2. The summed E-state index contributed by atoms with van der Waals surface area (Å²) in [6, 6.07) is 16.1. The minimum atomic E-state index is -0.464. The first-order valence-electron chi connectivity index (χ1n) is 8.58. The summed E-state index contributed by atoms with van der Waals surface area (Å²) in [6.07, 6.45) is 0.173. The zero-order valence-corrected chi connectivity index (χ0v) is 15.0. The normalized spacial score (nSPS) is 13.2. The van der Waals surface area contributed by atoms with Crippen molar-refractivity contribution in [3.8, 4) is 5.75 Å². The highest BCUT2D eigenvalue weighted by Crippen LogP contribution is 2.22. The van der Waals surface area contributed by atoms with E-state index in [2.05, 4.69) is 24.4 Å². The molecule has 0 fully saturated rings. The number of rotatable bonds is 7. The Morgan fingerprint density at radius 1 is 1.08 bits per heavy atom. The van der Waals surface area contributed by atoms with Gasteiger partial charge in [0, 0.05) is 6.54 Å². The fraction of sp³-hybridized carbons (Fsp3) is 0.381. The van der Waals surface area contributed by atoms with Crippen LogP contribution in [0.15, 0.2) is 48.5 Å². The number of aryl methyl sites for hydroxylation is 1. The second-order valence-corrected chi connectivity index (χ2v) is 6.27. The van der Waals surface area contributed by atoms with Gasteiger partial charge in [-0.1, -0.05) is 56.3 Å². The van der Waals surface area contributed by atoms with Crippen LogP contribution in [0.3, 0.4) is 0 Å². The average Bonchev–Trinajstić information content (AvgIpc) is 2.61. The molecule has 0 aliphatic rings. The van der Waals surface area contributed by atoms with E-state index in [9.17, 15) is 4.79 Å². The molecule has 24 heavy (non-hydrogen) atoms. The molecule has 0 saturated carbocycles. The van der Waals surface area contributed by atoms with Gasteiger partial charge in [-0.15, -0.1) is 0 Å². The van der Waals surface area contributed by atoms with E-state index in [1.165, 1.54) is 11.1 Å². The molecule has 0 heterocycles. The SMILES string of the molecule is CC[C@H](Oc1cccc(C)c1C)C(=O)NC[C@H](C)c1ccccc1. The Hall–Kier alpha value is -2.29. The topological polar surface area (TPSA) is 38.3 Å². The van der Waals surface area contributed by atoms with Gasteiger partial charge in [0.15, 0.2) is 6.10 Å². The minimum Gasteiger partial charge on any atom is -0.480 e. The van der Waals surface area contributed by atoms with Crippen LogP contribution in [0.1, 0.15) is 42.9 Å². The van der Waals surface area contributed by atoms with Crippen molar-refractivity contribution in [2.24, 2.45) is 0 Å². The van der Waals surface area contributed by atoms with Crippen LogP contribution < -0.4 is 10.1 Å². The van der Waals surface area contributed by atoms with E-state index in [-0.39, 0.29) is 11.8 Å². The van der Waals surface area contributed by atoms with Crippen molar-refractivity contribution in [3.05, 3.63) is 65.2 Å². The van der Waals surface area contributed by atoms with Crippen LogP contribution in [0.5, 0.6) is 5.75 Å². The number of amides is 1. The summed E-state index contributed by atoms with van der Waals surface area (Å²) in [5.74, 6) is 1.00. The average molecular weight is 325 g/mol. The van der Waals surface area contributed by atoms with Crippen molar-refractivity contribution in [1.29, 1.82) is 0 Å². The molecule has 2 rings (SSSR count). The van der Waals surface area contributed by atoms with Gasteiger partial charge in [-0.2, -0.15) is 0 Å². The van der Waals surface area contributed by atoms with Crippen LogP contribution in [-0.2, 0) is 4.79 Å². The predicted molar refractivity (Wildman–Crippen MR) is 98.5 cm³/mol. The molecule has 0 aliphatic heterocycles. The summed E-state index contributed by atoms with van der Waals surface area (Å²) >= 11 is 0. The van der Waals surface area contributed by atoms with Gasteiger partial charge in [-0.05, 0) is 48.9 Å². The molecule has 3 nitrogen and oxygen atoms in total. The van der Waals surface area contributed by atoms with Crippen molar-refractivity contribution in [2.45, 2.75) is 46.1 Å². The Kier molecular flexibility index (Phi) is 6.42. The van der Waals surface area contributed by atoms with Gasteiger partial charge >= 0.3 is 0 Å². The number of carbonyl (C=O) groups excluding carboxylic acids is 1. The van der Waals surface area contributed by atoms with E-state index in [4.69, 9.17) is 4.74 Å². The van der Waals surface area contributed by atoms with Crippen LogP contribution >= 0.6 is 0 Å². The van der Waals surface area contributed by atoms with Crippen LogP contribution in [-0.4, -0.2) is 18.6 Å². The molecule has 0 radical (unpaired) electrons. The summed E-state index contributed by atoms with van der Waals surface area (Å²) < 4.78 is 5.96. The van der Waals surface area contributed by atoms with Crippen molar-refractivity contribution >= 4 is 5.91 Å². The maximum absolute atomic E-state index is 12.5. The minimum absolute atomic E-state index is 0.0545. The van der Waals surface area contributed by atoms with Crippen molar-refractivity contribution in [3.63, 3.8) is 0 Å². The third kappa shape index (κ3) is 4.60. The molecule has 3 heteroatoms. The predicted octanol–water partition coefficient (Wildman–Crippen LogP) is 4.38. The van der Waals surface area contributed by atoms with Gasteiger partial charge in [-0.25, -0.2) is 0 Å². The van der Waals surface area contributed by atoms with Crippen LogP contribution in [0.25, 0.3) is 0 Å². The lowest BCUT2D eigenvalue weighted by molar-refractivity contribution is -0.128. The summed E-state index contributed by atoms with van der Waals surface area (Å²) in [4.78, 5) is 12.5. The Morgan fingerprint density at radius 3 is 2.46 bits per heavy atom. The first-order valence-corrected chi connectivity index (χ1v) is 8.58. The van der Waals surface area contributed by atoms with E-state index >= 15 is 0 Å². The molecule has 128 valence electrons. The lowest BCUT2D eigenvalue weighted by atomic mass is 10.0. The lowest BCUT2D eigenvalue weighted by Crippen LogP contribution is -2.39. The van der Waals surface area contributed by atoms with Gasteiger partial charge in [0.2, 0.25) is 0 Å². The van der Waals surface area contributed by atoms with E-state index in [0.717, 1.165) is 11.3 Å². The second kappa shape index (κ2) is 8.53. The Balaban J connectivity index is 1.95. The van der Waals surface area contributed by atoms with E-state index in [1.807, 2.05) is 57.2 Å². The third-order valence-electron chi connectivity index (χ3n) is 4.44.